The van der Waals surface area contributed by atoms with Gasteiger partial charge in [0.1, 0.15) is 4.88 Å². The lowest BCUT2D eigenvalue weighted by Gasteiger charge is -2.07. The molecule has 0 aliphatic rings. The Hall–Kier alpha value is -1.87. The van der Waals surface area contributed by atoms with Crippen LogP contribution >= 0.6 is 35.3 Å². The fourth-order valence-electron chi connectivity index (χ4n) is 2.50. The highest BCUT2D eigenvalue weighted by Gasteiger charge is 2.56. The number of alkyl halides is 2. The number of hydrogen-bond donors (Lipinski definition) is 2. The molecule has 3 aromatic rings. The number of aromatic nitrogens is 1. The fraction of sp³-hybridized carbons (Fsp3) is 0.176. The van der Waals surface area contributed by atoms with Gasteiger partial charge in [0.2, 0.25) is 5.95 Å². The van der Waals surface area contributed by atoms with Crippen LogP contribution in [-0.4, -0.2) is 15.8 Å². The summed E-state index contributed by atoms with van der Waals surface area (Å²) >= 11 is 3.70. The molecule has 146 valence electrons. The van der Waals surface area contributed by atoms with E-state index in [-0.39, 0.29) is 22.1 Å². The lowest BCUT2D eigenvalue weighted by Crippen LogP contribution is -2.23. The van der Waals surface area contributed by atoms with Gasteiger partial charge in [0.05, 0.1) is 4.47 Å². The van der Waals surface area contributed by atoms with E-state index >= 15 is 0 Å². The van der Waals surface area contributed by atoms with E-state index in [4.69, 9.17) is 4.89 Å². The second kappa shape index (κ2) is 7.87. The Labute approximate surface area is 170 Å². The normalized spacial score (nSPS) is 12.3. The van der Waals surface area contributed by atoms with Crippen LogP contribution in [0.4, 0.5) is 13.2 Å². The average Bonchev–Trinajstić information content (AvgIpc) is 2.99. The molecule has 0 bridgehead atoms. The topological polar surface area (TPSA) is 79.3 Å². The molecule has 1 unspecified atom stereocenters. The number of thiophene rings is 1. The van der Waals surface area contributed by atoms with Crippen molar-refractivity contribution in [1.29, 1.82) is 0 Å². The summed E-state index contributed by atoms with van der Waals surface area (Å²) in [6.07, 6.45) is 1.37. The first-order valence-corrected chi connectivity index (χ1v) is 10.6. The smallest absolute Gasteiger partial charge is 0.348 e. The molecule has 5 nitrogen and oxygen atoms in total. The van der Waals surface area contributed by atoms with Crippen LogP contribution in [0.3, 0.4) is 0 Å². The van der Waals surface area contributed by atoms with Crippen molar-refractivity contribution in [3.8, 4) is 0 Å². The molecule has 0 spiro atoms. The number of amides is 1. The van der Waals surface area contributed by atoms with Crippen molar-refractivity contribution < 1.29 is 27.4 Å². The largest absolute Gasteiger partial charge is 0.590 e. The highest BCUT2D eigenvalue weighted by atomic mass is 79.9. The quantitative estimate of drug-likeness (QED) is 0.378. The number of hydrogen-bond acceptors (Lipinski definition) is 4. The summed E-state index contributed by atoms with van der Waals surface area (Å²) in [5, 5.41) is 2.87. The molecule has 0 fully saturated rings. The molecule has 1 atom stereocenters. The zero-order valence-corrected chi connectivity index (χ0v) is 17.5. The van der Waals surface area contributed by atoms with Crippen LogP contribution in [0.15, 0.2) is 34.9 Å². The molecule has 0 saturated carbocycles. The number of nitrogens with zero attached hydrogens (tertiary/aromatic N) is 1. The van der Waals surface area contributed by atoms with Crippen molar-refractivity contribution in [2.75, 3.05) is 0 Å². The highest BCUT2D eigenvalue weighted by molar-refractivity contribution is 9.10. The van der Waals surface area contributed by atoms with Gasteiger partial charge in [-0.05, 0) is 57.2 Å². The zero-order valence-electron chi connectivity index (χ0n) is 14.2. The van der Waals surface area contributed by atoms with Crippen molar-refractivity contribution in [3.63, 3.8) is 0 Å². The summed E-state index contributed by atoms with van der Waals surface area (Å²) in [5.74, 6) is -1.21. The molecule has 2 heterocycles. The predicted molar refractivity (Wildman–Crippen MR) is 103 cm³/mol. The van der Waals surface area contributed by atoms with E-state index in [0.29, 0.717) is 21.4 Å². The summed E-state index contributed by atoms with van der Waals surface area (Å²) in [6, 6.07) is 5.86. The van der Waals surface area contributed by atoms with E-state index in [0.717, 1.165) is 5.56 Å². The van der Waals surface area contributed by atoms with Crippen LogP contribution in [0.5, 0.6) is 0 Å². The van der Waals surface area contributed by atoms with Gasteiger partial charge in [-0.1, -0.05) is 0 Å². The molecule has 0 radical (unpaired) electrons. The fourth-order valence-corrected chi connectivity index (χ4v) is 5.21. The first-order chi connectivity index (χ1) is 13.1. The van der Waals surface area contributed by atoms with Gasteiger partial charge in [0.25, 0.3) is 5.91 Å². The Morgan fingerprint density at radius 2 is 2.11 bits per heavy atom. The maximum absolute atomic E-state index is 13.9. The predicted octanol–water partition coefficient (Wildman–Crippen LogP) is 5.22. The Balaban J connectivity index is 1.87. The van der Waals surface area contributed by atoms with Gasteiger partial charge in [-0.3, -0.25) is 4.79 Å². The number of pyridine rings is 1. The molecular formula is C17H12BrF3N2O3PS+. The summed E-state index contributed by atoms with van der Waals surface area (Å²) in [4.78, 5) is 24.3. The van der Waals surface area contributed by atoms with Crippen LogP contribution in [0.25, 0.3) is 10.1 Å². The molecule has 2 N–H and O–H groups in total. The van der Waals surface area contributed by atoms with E-state index in [1.807, 2.05) is 0 Å². The van der Waals surface area contributed by atoms with E-state index in [2.05, 4.69) is 26.2 Å². The van der Waals surface area contributed by atoms with Crippen molar-refractivity contribution in [2.45, 2.75) is 19.1 Å². The van der Waals surface area contributed by atoms with Crippen molar-refractivity contribution >= 4 is 51.3 Å². The van der Waals surface area contributed by atoms with Crippen molar-refractivity contribution in [1.82, 2.24) is 10.3 Å². The molecular weight excluding hydrogens is 480 g/mol. The van der Waals surface area contributed by atoms with Gasteiger partial charge in [-0.15, -0.1) is 20.1 Å². The number of carbonyl (C=O) groups is 1. The van der Waals surface area contributed by atoms with Gasteiger partial charge in [0.15, 0.2) is 0 Å². The van der Waals surface area contributed by atoms with Gasteiger partial charge in [-0.25, -0.2) is 4.98 Å². The second-order valence-electron chi connectivity index (χ2n) is 5.92. The first-order valence-electron chi connectivity index (χ1n) is 7.77. The third kappa shape index (κ3) is 3.96. The zero-order chi connectivity index (χ0) is 20.6. The highest BCUT2D eigenvalue weighted by Crippen LogP contribution is 2.54. The molecule has 0 aliphatic carbocycles. The van der Waals surface area contributed by atoms with Gasteiger partial charge in [0, 0.05) is 34.0 Å². The lowest BCUT2D eigenvalue weighted by atomic mass is 10.1. The average molecular weight is 492 g/mol. The minimum atomic E-state index is -3.91. The van der Waals surface area contributed by atoms with Crippen LogP contribution in [-0.2, 0) is 16.8 Å². The van der Waals surface area contributed by atoms with Crippen molar-refractivity contribution in [2.24, 2.45) is 0 Å². The third-order valence-corrected chi connectivity index (χ3v) is 7.07. The van der Waals surface area contributed by atoms with E-state index in [9.17, 15) is 22.5 Å². The SMILES string of the molecule is Cc1cnc(F)c(CNC(=O)c2ccc3sc(C(F)(F)[P+](=O)O)c(Br)c3c2)c1. The Bertz CT molecular complexity index is 1110. The molecule has 3 rings (SSSR count). The number of rotatable bonds is 5. The molecule has 1 amide bonds. The van der Waals surface area contributed by atoms with Crippen LogP contribution in [0.1, 0.15) is 26.4 Å². The Kier molecular flexibility index (Phi) is 5.86. The van der Waals surface area contributed by atoms with Crippen molar-refractivity contribution in [3.05, 3.63) is 62.5 Å². The summed E-state index contributed by atoms with van der Waals surface area (Å²) in [6.45, 7) is 1.66. The van der Waals surface area contributed by atoms with Gasteiger partial charge in [-0.2, -0.15) is 9.28 Å². The Morgan fingerprint density at radius 3 is 2.79 bits per heavy atom. The summed E-state index contributed by atoms with van der Waals surface area (Å²) < 4.78 is 52.9. The minimum Gasteiger partial charge on any atom is -0.348 e. The lowest BCUT2D eigenvalue weighted by molar-refractivity contribution is 0.0849. The van der Waals surface area contributed by atoms with Crippen LogP contribution < -0.4 is 5.32 Å². The number of aryl methyl sites for hydroxylation is 1. The molecule has 0 aliphatic heterocycles. The standard InChI is InChI=1S/C17H11BrF3N2O3PS/c1-8-4-10(15(19)22-6-8)7-23-16(24)9-2-3-12-11(5-9)13(18)14(28-12)17(20,21)27(25)26/h2-6H,7H2,1H3,(H-,23,24,25,26)/p+1. The van der Waals surface area contributed by atoms with E-state index < -0.39 is 30.4 Å². The molecule has 0 saturated heterocycles. The molecule has 28 heavy (non-hydrogen) atoms. The molecule has 1 aromatic carbocycles. The second-order valence-corrected chi connectivity index (χ2v) is 8.87. The van der Waals surface area contributed by atoms with Crippen LogP contribution in [0.2, 0.25) is 0 Å². The number of carbonyl (C=O) groups excluding carboxylic acids is 1. The number of nitrogens with one attached hydrogen (secondary N) is 1. The summed E-state index contributed by atoms with van der Waals surface area (Å²) in [5.41, 5.74) is -2.77. The number of halogens is 4. The van der Waals surface area contributed by atoms with Gasteiger partial charge >= 0.3 is 13.7 Å². The third-order valence-electron chi connectivity index (χ3n) is 3.89. The van der Waals surface area contributed by atoms with E-state index in [1.165, 1.54) is 24.4 Å². The van der Waals surface area contributed by atoms with Gasteiger partial charge < -0.3 is 5.32 Å². The molecule has 2 aromatic heterocycles. The maximum Gasteiger partial charge on any atom is 0.590 e. The maximum atomic E-state index is 13.9. The van der Waals surface area contributed by atoms with Crippen LogP contribution in [0, 0.1) is 12.9 Å². The number of fused-ring (bicyclic) bond motifs is 1. The number of benzene rings is 1. The van der Waals surface area contributed by atoms with E-state index in [1.54, 1.807) is 13.0 Å². The Morgan fingerprint density at radius 1 is 1.39 bits per heavy atom. The first kappa shape index (κ1) is 20.9. The minimum absolute atomic E-state index is 0.0431. The molecule has 11 heteroatoms. The monoisotopic (exact) mass is 491 g/mol. The summed E-state index contributed by atoms with van der Waals surface area (Å²) in [7, 11) is -3.75.